The molecule has 2 heterocycles. The summed E-state index contributed by atoms with van der Waals surface area (Å²) in [6.45, 7) is 0. The maximum Gasteiger partial charge on any atom is 0.153 e. The fourth-order valence-electron chi connectivity index (χ4n) is 2.86. The molecule has 3 aromatic rings. The van der Waals surface area contributed by atoms with Crippen LogP contribution in [0.3, 0.4) is 0 Å². The third-order valence-corrected chi connectivity index (χ3v) is 4.94. The van der Waals surface area contributed by atoms with Gasteiger partial charge in [-0.2, -0.15) is 5.26 Å². The second-order valence-corrected chi connectivity index (χ2v) is 5.83. The van der Waals surface area contributed by atoms with E-state index in [1.165, 1.54) is 20.3 Å². The molecule has 1 aliphatic rings. The van der Waals surface area contributed by atoms with Gasteiger partial charge in [0.2, 0.25) is 0 Å². The molecule has 1 aromatic carbocycles. The summed E-state index contributed by atoms with van der Waals surface area (Å²) in [7, 11) is 0. The summed E-state index contributed by atoms with van der Waals surface area (Å²) < 4.78 is 8.56. The van der Waals surface area contributed by atoms with Crippen LogP contribution in [0.4, 0.5) is 0 Å². The van der Waals surface area contributed by atoms with E-state index >= 15 is 0 Å². The van der Waals surface area contributed by atoms with Crippen molar-refractivity contribution in [2.75, 3.05) is 0 Å². The van der Waals surface area contributed by atoms with Crippen molar-refractivity contribution in [3.63, 3.8) is 0 Å². The molecule has 0 saturated carbocycles. The van der Waals surface area contributed by atoms with Gasteiger partial charge in [-0.3, -0.25) is 0 Å². The summed E-state index contributed by atoms with van der Waals surface area (Å²) in [5.74, 6) is 0.878. The van der Waals surface area contributed by atoms with E-state index in [1.807, 2.05) is 6.07 Å². The molecule has 0 spiro atoms. The topological polar surface area (TPSA) is 36.9 Å². The zero-order chi connectivity index (χ0) is 12.1. The van der Waals surface area contributed by atoms with Crippen LogP contribution in [0, 0.1) is 11.3 Å². The molecule has 18 heavy (non-hydrogen) atoms. The Hall–Kier alpha value is -1.79. The van der Waals surface area contributed by atoms with E-state index in [9.17, 15) is 5.26 Å². The molecule has 0 fully saturated rings. The lowest BCUT2D eigenvalue weighted by atomic mass is 9.90. The summed E-state index contributed by atoms with van der Waals surface area (Å²) in [5, 5.41) is 10.4. The Morgan fingerprint density at radius 1 is 1.33 bits per heavy atom. The van der Waals surface area contributed by atoms with Gasteiger partial charge in [-0.15, -0.1) is 11.3 Å². The summed E-state index contributed by atoms with van der Waals surface area (Å²) in [4.78, 5) is 0. The van der Waals surface area contributed by atoms with Gasteiger partial charge in [-0.25, -0.2) is 0 Å². The van der Waals surface area contributed by atoms with Gasteiger partial charge in [-0.05, 0) is 31.4 Å². The Kier molecular flexibility index (Phi) is 2.03. The smallest absolute Gasteiger partial charge is 0.153 e. The lowest BCUT2D eigenvalue weighted by molar-refractivity contribution is 0.481. The van der Waals surface area contributed by atoms with Crippen molar-refractivity contribution in [2.45, 2.75) is 25.2 Å². The van der Waals surface area contributed by atoms with E-state index in [4.69, 9.17) is 4.42 Å². The molecule has 0 aliphatic heterocycles. The van der Waals surface area contributed by atoms with Crippen LogP contribution in [0.5, 0.6) is 0 Å². The maximum atomic E-state index is 9.21. The molecule has 1 aliphatic carbocycles. The normalized spacial score (nSPS) is 18.9. The fourth-order valence-corrected chi connectivity index (χ4v) is 4.07. The van der Waals surface area contributed by atoms with Crippen LogP contribution in [-0.2, 0) is 6.42 Å². The Morgan fingerprint density at radius 3 is 3.11 bits per heavy atom. The Balaban J connectivity index is 2.10. The number of nitriles is 1. The molecule has 2 nitrogen and oxygen atoms in total. The average molecular weight is 253 g/mol. The van der Waals surface area contributed by atoms with Crippen LogP contribution in [-0.4, -0.2) is 0 Å². The molecule has 1 atom stereocenters. The molecular formula is C15H11NOS. The van der Waals surface area contributed by atoms with E-state index in [2.05, 4.69) is 24.3 Å². The first-order valence-electron chi connectivity index (χ1n) is 6.21. The van der Waals surface area contributed by atoms with Crippen LogP contribution < -0.4 is 0 Å². The Labute approximate surface area is 108 Å². The maximum absolute atomic E-state index is 9.21. The second-order valence-electron chi connectivity index (χ2n) is 4.78. The number of aryl methyl sites for hydroxylation is 1. The minimum Gasteiger partial charge on any atom is -0.458 e. The number of benzene rings is 1. The van der Waals surface area contributed by atoms with Gasteiger partial charge in [0.05, 0.1) is 10.8 Å². The molecular weight excluding hydrogens is 242 g/mol. The number of hydrogen-bond donors (Lipinski definition) is 0. The van der Waals surface area contributed by atoms with E-state index in [1.54, 1.807) is 11.3 Å². The second kappa shape index (κ2) is 3.60. The number of hydrogen-bond acceptors (Lipinski definition) is 3. The third kappa shape index (κ3) is 1.21. The van der Waals surface area contributed by atoms with Crippen molar-refractivity contribution in [2.24, 2.45) is 0 Å². The summed E-state index contributed by atoms with van der Waals surface area (Å²) in [6, 6.07) is 10.7. The van der Waals surface area contributed by atoms with Crippen LogP contribution in [0.1, 0.15) is 30.1 Å². The van der Waals surface area contributed by atoms with E-state index in [-0.39, 0.29) is 5.92 Å². The summed E-state index contributed by atoms with van der Waals surface area (Å²) in [6.07, 6.45) is 3.07. The highest BCUT2D eigenvalue weighted by Gasteiger charge is 2.28. The lowest BCUT2D eigenvalue weighted by Gasteiger charge is -2.14. The number of furan rings is 1. The zero-order valence-electron chi connectivity index (χ0n) is 9.77. The highest BCUT2D eigenvalue weighted by atomic mass is 32.1. The van der Waals surface area contributed by atoms with Gasteiger partial charge in [-0.1, -0.05) is 12.1 Å². The molecule has 2 aromatic heterocycles. The predicted octanol–water partition coefficient (Wildman–Crippen LogP) is 4.59. The van der Waals surface area contributed by atoms with Gasteiger partial charge in [0.25, 0.3) is 0 Å². The van der Waals surface area contributed by atoms with Crippen molar-refractivity contribution in [3.8, 4) is 6.07 Å². The quantitative estimate of drug-likeness (QED) is 0.587. The van der Waals surface area contributed by atoms with Crippen molar-refractivity contribution in [1.29, 1.82) is 5.26 Å². The monoisotopic (exact) mass is 253 g/mol. The van der Waals surface area contributed by atoms with Gasteiger partial charge < -0.3 is 4.42 Å². The molecule has 0 bridgehead atoms. The fraction of sp³-hybridized carbons (Fsp3) is 0.267. The largest absolute Gasteiger partial charge is 0.458 e. The summed E-state index contributed by atoms with van der Waals surface area (Å²) >= 11 is 1.79. The number of nitrogens with zero attached hydrogens (tertiary/aromatic N) is 1. The van der Waals surface area contributed by atoms with Crippen LogP contribution in [0.2, 0.25) is 0 Å². The van der Waals surface area contributed by atoms with Crippen LogP contribution >= 0.6 is 11.3 Å². The van der Waals surface area contributed by atoms with Gasteiger partial charge >= 0.3 is 0 Å². The third-order valence-electron chi connectivity index (χ3n) is 3.73. The average Bonchev–Trinajstić information content (AvgIpc) is 2.94. The molecule has 0 saturated heterocycles. The van der Waals surface area contributed by atoms with Crippen molar-refractivity contribution in [3.05, 3.63) is 35.6 Å². The van der Waals surface area contributed by atoms with Gasteiger partial charge in [0.1, 0.15) is 11.7 Å². The molecule has 3 heteroatoms. The minimum absolute atomic E-state index is 0.0490. The van der Waals surface area contributed by atoms with E-state index in [0.717, 1.165) is 30.6 Å². The van der Waals surface area contributed by atoms with Gasteiger partial charge in [0, 0.05) is 15.6 Å². The summed E-state index contributed by atoms with van der Waals surface area (Å²) in [5.41, 5.74) is 2.27. The van der Waals surface area contributed by atoms with Crippen LogP contribution in [0.15, 0.2) is 28.7 Å². The van der Waals surface area contributed by atoms with Crippen molar-refractivity contribution < 1.29 is 4.42 Å². The first-order chi connectivity index (χ1) is 8.88. The SMILES string of the molecule is N#CC1CCCc2c1oc1c2sc2ccccc21. The molecule has 0 amide bonds. The van der Waals surface area contributed by atoms with Crippen molar-refractivity contribution in [1.82, 2.24) is 0 Å². The number of thiophene rings is 1. The Bertz CT molecular complexity index is 790. The highest BCUT2D eigenvalue weighted by Crippen LogP contribution is 2.44. The zero-order valence-corrected chi connectivity index (χ0v) is 10.6. The number of rotatable bonds is 0. The minimum atomic E-state index is -0.0490. The molecule has 88 valence electrons. The molecule has 1 unspecified atom stereocenters. The first kappa shape index (κ1) is 10.2. The molecule has 4 rings (SSSR count). The lowest BCUT2D eigenvalue weighted by Crippen LogP contribution is -2.05. The molecule has 0 radical (unpaired) electrons. The Morgan fingerprint density at radius 2 is 2.22 bits per heavy atom. The van der Waals surface area contributed by atoms with Crippen LogP contribution in [0.25, 0.3) is 20.4 Å². The highest BCUT2D eigenvalue weighted by molar-refractivity contribution is 7.25. The van der Waals surface area contributed by atoms with E-state index in [0.29, 0.717) is 0 Å². The molecule has 0 N–H and O–H groups in total. The standard InChI is InChI=1S/C15H11NOS/c16-8-9-4-3-6-11-13(9)17-14-10-5-1-2-7-12(10)18-15(11)14/h1-2,5,7,9H,3-4,6H2. The predicted molar refractivity (Wildman–Crippen MR) is 72.9 cm³/mol. The first-order valence-corrected chi connectivity index (χ1v) is 7.02. The van der Waals surface area contributed by atoms with Gasteiger partial charge in [0.15, 0.2) is 5.58 Å². The van der Waals surface area contributed by atoms with Crippen molar-refractivity contribution >= 4 is 31.7 Å². The van der Waals surface area contributed by atoms with E-state index < -0.39 is 0 Å². The number of fused-ring (bicyclic) bond motifs is 5.